The van der Waals surface area contributed by atoms with Crippen molar-refractivity contribution < 1.29 is 58.2 Å². The molecule has 0 saturated carbocycles. The molecule has 1 rings (SSSR count). The van der Waals surface area contributed by atoms with Gasteiger partial charge in [-0.25, -0.2) is 0 Å². The van der Waals surface area contributed by atoms with Crippen LogP contribution in [0.3, 0.4) is 0 Å². The van der Waals surface area contributed by atoms with Gasteiger partial charge in [-0.1, -0.05) is 33.6 Å². The van der Waals surface area contributed by atoms with E-state index in [9.17, 15) is 53.1 Å². The summed E-state index contributed by atoms with van der Waals surface area (Å²) >= 11 is 0. The van der Waals surface area contributed by atoms with E-state index in [0.29, 0.717) is 18.9 Å². The molecule has 0 radical (unpaired) electrons. The maximum Gasteiger partial charge on any atom is 0.322 e. The fraction of sp³-hybridized carbons (Fsp3) is 0.697. The summed E-state index contributed by atoms with van der Waals surface area (Å²) in [6.45, 7) is 2.87. The quantitative estimate of drug-likeness (QED) is 0.0262. The van der Waals surface area contributed by atoms with Crippen LogP contribution >= 0.6 is 0 Å². The lowest BCUT2D eigenvalue weighted by atomic mass is 10.0. The highest BCUT2D eigenvalue weighted by Crippen LogP contribution is 2.11. The Labute approximate surface area is 318 Å². The van der Waals surface area contributed by atoms with Gasteiger partial charge in [0.25, 0.3) is 0 Å². The Kier molecular flexibility index (Phi) is 22.2. The summed E-state index contributed by atoms with van der Waals surface area (Å²) in [5.41, 5.74) is 5.35. The Morgan fingerprint density at radius 1 is 0.709 bits per heavy atom. The second kappa shape index (κ2) is 25.6. The number of hydrogen-bond donors (Lipinski definition) is 11. The highest BCUT2D eigenvalue weighted by Gasteiger charge is 2.28. The van der Waals surface area contributed by atoms with Gasteiger partial charge in [0.15, 0.2) is 0 Å². The van der Waals surface area contributed by atoms with Crippen molar-refractivity contribution in [3.8, 4) is 0 Å². The number of nitrogens with zero attached hydrogens (tertiary/aromatic N) is 1. The van der Waals surface area contributed by atoms with Crippen LogP contribution in [-0.2, 0) is 47.9 Å². The number of rotatable bonds is 28. The lowest BCUT2D eigenvalue weighted by molar-refractivity contribution is -0.141. The first kappa shape index (κ1) is 47.6. The second-order valence-corrected chi connectivity index (χ2v) is 13.3. The van der Waals surface area contributed by atoms with E-state index >= 15 is 0 Å². The van der Waals surface area contributed by atoms with Crippen LogP contribution in [0.2, 0.25) is 0 Å². The molecule has 1 fully saturated rings. The van der Waals surface area contributed by atoms with Crippen molar-refractivity contribution in [3.05, 3.63) is 0 Å². The molecule has 0 spiro atoms. The highest BCUT2D eigenvalue weighted by atomic mass is 16.4. The van der Waals surface area contributed by atoms with E-state index in [0.717, 1.165) is 24.3 Å². The van der Waals surface area contributed by atoms with E-state index in [1.54, 1.807) is 20.8 Å². The Morgan fingerprint density at radius 2 is 1.25 bits per heavy atom. The average molecular weight is 785 g/mol. The minimum Gasteiger partial charge on any atom is -0.481 e. The molecule has 22 nitrogen and oxygen atoms in total. The minimum absolute atomic E-state index is 0.0431. The van der Waals surface area contributed by atoms with Crippen LogP contribution in [0.4, 0.5) is 0 Å². The van der Waals surface area contributed by atoms with E-state index < -0.39 is 116 Å². The van der Waals surface area contributed by atoms with Crippen LogP contribution in [0.25, 0.3) is 0 Å². The van der Waals surface area contributed by atoms with Gasteiger partial charge in [-0.2, -0.15) is 0 Å². The van der Waals surface area contributed by atoms with Crippen LogP contribution in [0.5, 0.6) is 0 Å². The summed E-state index contributed by atoms with van der Waals surface area (Å²) in [6.07, 6.45) is 2.34. The van der Waals surface area contributed by atoms with Crippen molar-refractivity contribution in [3.63, 3.8) is 0 Å². The highest BCUT2D eigenvalue weighted by molar-refractivity contribution is 5.96. The molecule has 1 heterocycles. The molecule has 0 aromatic heterocycles. The number of carbonyl (C=O) groups excluding carboxylic acids is 8. The number of carboxylic acid groups (broad SMARTS) is 2. The number of carbonyl (C=O) groups is 10. The number of aliphatic carboxylic acids is 2. The third kappa shape index (κ3) is 21.8. The fourth-order valence-corrected chi connectivity index (χ4v) is 5.07. The first-order chi connectivity index (χ1) is 25.9. The second-order valence-electron chi connectivity index (χ2n) is 13.3. The molecule has 1 saturated heterocycles. The van der Waals surface area contributed by atoms with Crippen LogP contribution < -0.4 is 48.3 Å². The predicted octanol–water partition coefficient (Wildman–Crippen LogP) is -4.76. The number of nitrogens with one attached hydrogen (secondary N) is 8. The van der Waals surface area contributed by atoms with Crippen LogP contribution in [0.1, 0.15) is 65.7 Å². The Balaban J connectivity index is 2.70. The maximum atomic E-state index is 13.0. The lowest BCUT2D eigenvalue weighted by Gasteiger charge is -2.23. The maximum absolute atomic E-state index is 13.0. The number of carboxylic acids is 2. The largest absolute Gasteiger partial charge is 0.481 e. The Morgan fingerprint density at radius 3 is 1.82 bits per heavy atom. The first-order valence-corrected chi connectivity index (χ1v) is 18.1. The zero-order valence-electron chi connectivity index (χ0n) is 31.5. The summed E-state index contributed by atoms with van der Waals surface area (Å²) in [5.74, 6) is -8.92. The Bertz CT molecular complexity index is 1370. The van der Waals surface area contributed by atoms with Crippen molar-refractivity contribution in [1.29, 1.82) is 0 Å². The third-order valence-corrected chi connectivity index (χ3v) is 7.89. The molecular formula is C33H56N10O12. The van der Waals surface area contributed by atoms with Crippen molar-refractivity contribution in [1.82, 2.24) is 47.4 Å². The van der Waals surface area contributed by atoms with E-state index in [1.165, 1.54) is 0 Å². The van der Waals surface area contributed by atoms with Gasteiger partial charge in [0.2, 0.25) is 47.3 Å². The molecule has 4 atom stereocenters. The minimum atomic E-state index is -1.65. The zero-order valence-corrected chi connectivity index (χ0v) is 31.5. The van der Waals surface area contributed by atoms with Gasteiger partial charge in [-0.05, 0) is 31.6 Å². The molecule has 22 heteroatoms. The van der Waals surface area contributed by atoms with Crippen LogP contribution in [0.15, 0.2) is 0 Å². The molecule has 55 heavy (non-hydrogen) atoms. The van der Waals surface area contributed by atoms with Gasteiger partial charge in [0, 0.05) is 19.1 Å². The molecule has 12 N–H and O–H groups in total. The van der Waals surface area contributed by atoms with E-state index in [1.807, 2.05) is 0 Å². The first-order valence-electron chi connectivity index (χ1n) is 18.1. The lowest BCUT2D eigenvalue weighted by Crippen LogP contribution is -2.54. The van der Waals surface area contributed by atoms with Crippen LogP contribution in [-0.4, -0.2) is 151 Å². The molecule has 0 bridgehead atoms. The van der Waals surface area contributed by atoms with Gasteiger partial charge < -0.3 is 63.4 Å². The molecule has 1 aliphatic rings. The summed E-state index contributed by atoms with van der Waals surface area (Å²) < 4.78 is 0. The van der Waals surface area contributed by atoms with Crippen molar-refractivity contribution in [2.24, 2.45) is 11.7 Å². The monoisotopic (exact) mass is 784 g/mol. The van der Waals surface area contributed by atoms with E-state index in [4.69, 9.17) is 10.8 Å². The summed E-state index contributed by atoms with van der Waals surface area (Å²) in [7, 11) is 0. The zero-order chi connectivity index (χ0) is 41.5. The van der Waals surface area contributed by atoms with Crippen molar-refractivity contribution in [2.75, 3.05) is 52.4 Å². The molecule has 1 aliphatic heterocycles. The van der Waals surface area contributed by atoms with E-state index in [2.05, 4.69) is 42.5 Å². The van der Waals surface area contributed by atoms with Crippen LogP contribution in [0, 0.1) is 5.92 Å². The van der Waals surface area contributed by atoms with Crippen molar-refractivity contribution in [2.45, 2.75) is 89.9 Å². The molecule has 3 unspecified atom stereocenters. The molecule has 0 aromatic carbocycles. The molecular weight excluding hydrogens is 728 g/mol. The summed E-state index contributed by atoms with van der Waals surface area (Å²) in [6, 6.07) is -3.23. The smallest absolute Gasteiger partial charge is 0.322 e. The number of unbranched alkanes of at least 4 members (excludes halogenated alkanes) is 1. The van der Waals surface area contributed by atoms with Gasteiger partial charge >= 0.3 is 11.9 Å². The number of hydrogen-bond acceptors (Lipinski definition) is 12. The fourth-order valence-electron chi connectivity index (χ4n) is 5.07. The molecule has 8 amide bonds. The SMILES string of the molecule is CCCN(CC(=O)NCC(=O)NC(CC(C)C)C(=O)NCC(=O)O)C(=O)CNC(=O)[C@H](CC(=O)O)NC(=O)CNC(=O)C(CCCCC1CN1)NC(=O)CN. The van der Waals surface area contributed by atoms with Gasteiger partial charge in [0.05, 0.1) is 39.1 Å². The molecule has 310 valence electrons. The van der Waals surface area contributed by atoms with Gasteiger partial charge in [-0.3, -0.25) is 47.9 Å². The number of amides is 8. The van der Waals surface area contributed by atoms with E-state index in [-0.39, 0.29) is 31.8 Å². The molecule has 0 aromatic rings. The van der Waals surface area contributed by atoms with Gasteiger partial charge in [-0.15, -0.1) is 0 Å². The topological polar surface area (TPSA) is 347 Å². The third-order valence-electron chi connectivity index (χ3n) is 7.89. The predicted molar refractivity (Wildman–Crippen MR) is 193 cm³/mol. The Hall–Kier alpha value is -5.38. The standard InChI is InChI=1S/C33H56N10O12/c1-4-9-43(18-27(47)36-14-25(45)41-22(10-19(2)3)32(54)39-17-30(51)52)28(48)16-38-33(55)23(11-29(49)50)42-26(46)15-37-31(53)21(40-24(44)12-34)8-6-5-7-20-13-35-20/h19-23,35H,4-18,34H2,1-3H3,(H,36,47)(H,37,53)(H,38,55)(H,39,54)(H,40,44)(H,41,45)(H,42,46)(H,49,50)(H,51,52)/t20?,21?,22?,23-/m0/s1. The van der Waals surface area contributed by atoms with Gasteiger partial charge in [0.1, 0.15) is 24.7 Å². The average Bonchev–Trinajstić information content (AvgIpc) is 3.95. The summed E-state index contributed by atoms with van der Waals surface area (Å²) in [5, 5.41) is 37.6. The normalized spacial score (nSPS) is 14.6. The van der Waals surface area contributed by atoms with Crippen molar-refractivity contribution >= 4 is 59.2 Å². The summed E-state index contributed by atoms with van der Waals surface area (Å²) in [4.78, 5) is 124. The molecule has 0 aliphatic carbocycles. The number of nitrogens with two attached hydrogens (primary N) is 1.